The van der Waals surface area contributed by atoms with Crippen LogP contribution in [0.15, 0.2) is 12.1 Å². The van der Waals surface area contributed by atoms with Crippen LogP contribution in [0.3, 0.4) is 0 Å². The van der Waals surface area contributed by atoms with Gasteiger partial charge in [-0.3, -0.25) is 4.79 Å². The lowest BCUT2D eigenvalue weighted by atomic mass is 9.93. The molecule has 0 bridgehead atoms. The van der Waals surface area contributed by atoms with Crippen molar-refractivity contribution in [1.29, 1.82) is 0 Å². The minimum absolute atomic E-state index is 0.0305. The second-order valence-electron chi connectivity index (χ2n) is 6.92. The molecule has 0 unspecified atom stereocenters. The average Bonchev–Trinajstić information content (AvgIpc) is 2.49. The van der Waals surface area contributed by atoms with E-state index in [0.29, 0.717) is 35.2 Å². The predicted octanol–water partition coefficient (Wildman–Crippen LogP) is 3.46. The van der Waals surface area contributed by atoms with Gasteiger partial charge >= 0.3 is 0 Å². The molecule has 1 aromatic carbocycles. The fraction of sp³-hybridized carbons (Fsp3) is 0.611. The quantitative estimate of drug-likeness (QED) is 0.736. The van der Waals surface area contributed by atoms with Gasteiger partial charge in [-0.25, -0.2) is 0 Å². The molecule has 0 atom stereocenters. The summed E-state index contributed by atoms with van der Waals surface area (Å²) in [6, 6.07) is 3.27. The van der Waals surface area contributed by atoms with Crippen LogP contribution in [0.25, 0.3) is 0 Å². The molecular weight excluding hydrogens is 328 g/mol. The summed E-state index contributed by atoms with van der Waals surface area (Å²) >= 11 is 6.26. The molecule has 0 saturated heterocycles. The van der Waals surface area contributed by atoms with E-state index in [-0.39, 0.29) is 11.3 Å². The summed E-state index contributed by atoms with van der Waals surface area (Å²) in [5.41, 5.74) is 0.429. The maximum absolute atomic E-state index is 12.4. The lowest BCUT2D eigenvalue weighted by molar-refractivity contribution is 0.0929. The largest absolute Gasteiger partial charge is 0.493 e. The van der Waals surface area contributed by atoms with Gasteiger partial charge in [-0.15, -0.1) is 0 Å². The van der Waals surface area contributed by atoms with Crippen molar-refractivity contribution in [3.8, 4) is 11.5 Å². The molecule has 1 N–H and O–H groups in total. The van der Waals surface area contributed by atoms with Crippen LogP contribution in [0.2, 0.25) is 5.02 Å². The van der Waals surface area contributed by atoms with E-state index in [4.69, 9.17) is 21.1 Å². The zero-order valence-electron chi connectivity index (χ0n) is 15.5. The number of methoxy groups -OCH3 is 1. The van der Waals surface area contributed by atoms with Crippen molar-refractivity contribution in [2.45, 2.75) is 27.2 Å². The van der Waals surface area contributed by atoms with E-state index in [2.05, 4.69) is 24.1 Å². The van der Waals surface area contributed by atoms with Crippen molar-refractivity contribution in [2.75, 3.05) is 40.9 Å². The van der Waals surface area contributed by atoms with Gasteiger partial charge in [0.25, 0.3) is 5.91 Å². The number of nitrogens with one attached hydrogen (secondary N) is 1. The highest BCUT2D eigenvalue weighted by atomic mass is 35.5. The van der Waals surface area contributed by atoms with Crippen molar-refractivity contribution >= 4 is 17.5 Å². The maximum atomic E-state index is 12.4. The van der Waals surface area contributed by atoms with Gasteiger partial charge in [-0.05, 0) is 38.1 Å². The summed E-state index contributed by atoms with van der Waals surface area (Å²) < 4.78 is 10.9. The molecular formula is C18H29ClN2O3. The smallest absolute Gasteiger partial charge is 0.251 e. The number of hydrogen-bond acceptors (Lipinski definition) is 4. The SMILES string of the molecule is CCCOc1c(Cl)cc(C(=O)NCC(C)(C)CN(C)C)cc1OC. The van der Waals surface area contributed by atoms with E-state index < -0.39 is 0 Å². The fourth-order valence-corrected chi connectivity index (χ4v) is 2.79. The zero-order chi connectivity index (χ0) is 18.3. The molecule has 1 rings (SSSR count). The summed E-state index contributed by atoms with van der Waals surface area (Å²) in [6.45, 7) is 8.22. The number of hydrogen-bond donors (Lipinski definition) is 1. The summed E-state index contributed by atoms with van der Waals surface area (Å²) in [5, 5.41) is 3.34. The second kappa shape index (κ2) is 9.14. The molecule has 0 fully saturated rings. The lowest BCUT2D eigenvalue weighted by Crippen LogP contribution is -2.40. The molecule has 6 heteroatoms. The molecule has 1 amide bonds. The fourth-order valence-electron chi connectivity index (χ4n) is 2.53. The second-order valence-corrected chi connectivity index (χ2v) is 7.33. The van der Waals surface area contributed by atoms with E-state index in [9.17, 15) is 4.79 Å². The summed E-state index contributed by atoms with van der Waals surface area (Å²) in [6.07, 6.45) is 0.864. The van der Waals surface area contributed by atoms with E-state index >= 15 is 0 Å². The lowest BCUT2D eigenvalue weighted by Gasteiger charge is -2.28. The van der Waals surface area contributed by atoms with Crippen molar-refractivity contribution in [3.63, 3.8) is 0 Å². The Morgan fingerprint density at radius 1 is 1.33 bits per heavy atom. The Hall–Kier alpha value is -1.46. The van der Waals surface area contributed by atoms with Crippen molar-refractivity contribution in [3.05, 3.63) is 22.7 Å². The minimum Gasteiger partial charge on any atom is -0.493 e. The Morgan fingerprint density at radius 3 is 2.54 bits per heavy atom. The van der Waals surface area contributed by atoms with E-state index in [1.165, 1.54) is 7.11 Å². The third kappa shape index (κ3) is 6.21. The predicted molar refractivity (Wildman–Crippen MR) is 98.5 cm³/mol. The number of ether oxygens (including phenoxy) is 2. The monoisotopic (exact) mass is 356 g/mol. The first-order valence-corrected chi connectivity index (χ1v) is 8.51. The van der Waals surface area contributed by atoms with Crippen LogP contribution in [0.1, 0.15) is 37.6 Å². The van der Waals surface area contributed by atoms with Crippen LogP contribution in [0, 0.1) is 5.41 Å². The highest BCUT2D eigenvalue weighted by Gasteiger charge is 2.21. The van der Waals surface area contributed by atoms with E-state index in [0.717, 1.165) is 13.0 Å². The Labute approximate surface area is 150 Å². The van der Waals surface area contributed by atoms with Gasteiger partial charge < -0.3 is 19.7 Å². The standard InChI is InChI=1S/C18H29ClN2O3/c1-7-8-24-16-14(19)9-13(10-15(16)23-6)17(22)20-11-18(2,3)12-21(4)5/h9-10H,7-8,11-12H2,1-6H3,(H,20,22). The Morgan fingerprint density at radius 2 is 2.00 bits per heavy atom. The van der Waals surface area contributed by atoms with Crippen LogP contribution < -0.4 is 14.8 Å². The van der Waals surface area contributed by atoms with Gasteiger partial charge in [0.1, 0.15) is 0 Å². The molecule has 0 aliphatic rings. The van der Waals surface area contributed by atoms with E-state index in [1.807, 2.05) is 21.0 Å². The average molecular weight is 357 g/mol. The third-order valence-corrected chi connectivity index (χ3v) is 3.69. The Balaban J connectivity index is 2.86. The van der Waals surface area contributed by atoms with Crippen LogP contribution in [0.4, 0.5) is 0 Å². The molecule has 0 saturated carbocycles. The maximum Gasteiger partial charge on any atom is 0.251 e. The first kappa shape index (κ1) is 20.6. The zero-order valence-corrected chi connectivity index (χ0v) is 16.3. The molecule has 0 spiro atoms. The highest BCUT2D eigenvalue weighted by Crippen LogP contribution is 2.36. The molecule has 136 valence electrons. The van der Waals surface area contributed by atoms with Crippen molar-refractivity contribution in [2.24, 2.45) is 5.41 Å². The molecule has 24 heavy (non-hydrogen) atoms. The highest BCUT2D eigenvalue weighted by molar-refractivity contribution is 6.32. The summed E-state index contributed by atoms with van der Waals surface area (Å²) in [5.74, 6) is 0.767. The summed E-state index contributed by atoms with van der Waals surface area (Å²) in [4.78, 5) is 14.5. The number of carbonyl (C=O) groups excluding carboxylic acids is 1. The van der Waals surface area contributed by atoms with Gasteiger partial charge in [0, 0.05) is 18.7 Å². The van der Waals surface area contributed by atoms with Crippen molar-refractivity contribution in [1.82, 2.24) is 10.2 Å². The number of benzene rings is 1. The van der Waals surface area contributed by atoms with Gasteiger partial charge in [0.15, 0.2) is 11.5 Å². The molecule has 5 nitrogen and oxygen atoms in total. The Bertz CT molecular complexity index is 559. The third-order valence-electron chi connectivity index (χ3n) is 3.41. The van der Waals surface area contributed by atoms with Crippen LogP contribution in [-0.4, -0.2) is 51.7 Å². The first-order valence-electron chi connectivity index (χ1n) is 8.13. The number of carbonyl (C=O) groups is 1. The Kier molecular flexibility index (Phi) is 7.84. The van der Waals surface area contributed by atoms with Gasteiger partial charge in [0.2, 0.25) is 0 Å². The van der Waals surface area contributed by atoms with Crippen LogP contribution in [0.5, 0.6) is 11.5 Å². The molecule has 0 heterocycles. The topological polar surface area (TPSA) is 50.8 Å². The van der Waals surface area contributed by atoms with Gasteiger partial charge in [-0.1, -0.05) is 32.4 Å². The molecule has 1 aromatic rings. The summed E-state index contributed by atoms with van der Waals surface area (Å²) in [7, 11) is 5.57. The number of halogens is 1. The van der Waals surface area contributed by atoms with Crippen molar-refractivity contribution < 1.29 is 14.3 Å². The first-order chi connectivity index (χ1) is 11.2. The molecule has 0 aromatic heterocycles. The molecule has 0 aliphatic heterocycles. The van der Waals surface area contributed by atoms with Crippen LogP contribution >= 0.6 is 11.6 Å². The van der Waals surface area contributed by atoms with Gasteiger partial charge in [-0.2, -0.15) is 0 Å². The number of amides is 1. The van der Waals surface area contributed by atoms with Crippen LogP contribution in [-0.2, 0) is 0 Å². The van der Waals surface area contributed by atoms with E-state index in [1.54, 1.807) is 12.1 Å². The molecule has 0 radical (unpaired) electrons. The van der Waals surface area contributed by atoms with Gasteiger partial charge in [0.05, 0.1) is 18.7 Å². The minimum atomic E-state index is -0.177. The number of rotatable bonds is 9. The number of nitrogens with zero attached hydrogens (tertiary/aromatic N) is 1. The normalized spacial score (nSPS) is 11.5. The molecule has 0 aliphatic carbocycles.